The molecule has 0 spiro atoms. The summed E-state index contributed by atoms with van der Waals surface area (Å²) in [6.07, 6.45) is 4.06. The molecule has 22 heavy (non-hydrogen) atoms. The summed E-state index contributed by atoms with van der Waals surface area (Å²) in [5, 5.41) is 7.91. The largest absolute Gasteiger partial charge is 0.453 e. The van der Waals surface area contributed by atoms with Gasteiger partial charge in [-0.1, -0.05) is 0 Å². The van der Waals surface area contributed by atoms with Crippen molar-refractivity contribution in [1.29, 1.82) is 0 Å². The first-order chi connectivity index (χ1) is 10.6. The van der Waals surface area contributed by atoms with Crippen LogP contribution in [0.4, 0.5) is 0 Å². The van der Waals surface area contributed by atoms with Gasteiger partial charge in [0.15, 0.2) is 4.67 Å². The number of rotatable bonds is 4. The molecule has 1 N–H and O–H groups in total. The van der Waals surface area contributed by atoms with E-state index in [9.17, 15) is 4.79 Å². The summed E-state index contributed by atoms with van der Waals surface area (Å²) in [5.41, 5.74) is 0.894. The van der Waals surface area contributed by atoms with Crippen LogP contribution in [0.2, 0.25) is 0 Å². The normalized spacial score (nSPS) is 21.9. The number of aryl methyl sites for hydroxylation is 1. The molecule has 3 rings (SSSR count). The summed E-state index contributed by atoms with van der Waals surface area (Å²) >= 11 is 3.31. The lowest BCUT2D eigenvalue weighted by Crippen LogP contribution is -2.36. The van der Waals surface area contributed by atoms with Gasteiger partial charge in [0, 0.05) is 12.1 Å². The lowest BCUT2D eigenvalue weighted by Gasteiger charge is -2.29. The van der Waals surface area contributed by atoms with Crippen LogP contribution in [0.3, 0.4) is 0 Å². The second-order valence-electron chi connectivity index (χ2n) is 5.85. The average molecular weight is 366 g/mol. The van der Waals surface area contributed by atoms with Crippen LogP contribution in [-0.2, 0) is 6.54 Å². The number of furan rings is 1. The Morgan fingerprint density at radius 3 is 2.73 bits per heavy atom. The fraction of sp³-hybridized carbons (Fsp3) is 0.500. The number of hydrogen-bond donors (Lipinski definition) is 1. The van der Waals surface area contributed by atoms with Crippen molar-refractivity contribution in [2.24, 2.45) is 0 Å². The zero-order chi connectivity index (χ0) is 15.5. The van der Waals surface area contributed by atoms with Crippen molar-refractivity contribution in [3.8, 4) is 0 Å². The monoisotopic (exact) mass is 365 g/mol. The van der Waals surface area contributed by atoms with E-state index in [0.29, 0.717) is 6.04 Å². The van der Waals surface area contributed by atoms with Gasteiger partial charge in [-0.2, -0.15) is 5.10 Å². The van der Waals surface area contributed by atoms with E-state index in [2.05, 4.69) is 26.3 Å². The van der Waals surface area contributed by atoms with Crippen LogP contribution >= 0.6 is 15.9 Å². The highest BCUT2D eigenvalue weighted by molar-refractivity contribution is 9.10. The van der Waals surface area contributed by atoms with Gasteiger partial charge < -0.3 is 9.73 Å². The molecule has 118 valence electrons. The Morgan fingerprint density at radius 2 is 2.05 bits per heavy atom. The van der Waals surface area contributed by atoms with Crippen molar-refractivity contribution in [1.82, 2.24) is 15.1 Å². The SMILES string of the molecule is Cc1ccc(=O)n(C2CCC(NCc3ccc(Br)o3)CC2)n1. The topological polar surface area (TPSA) is 60.1 Å². The van der Waals surface area contributed by atoms with Crippen molar-refractivity contribution in [3.63, 3.8) is 0 Å². The minimum atomic E-state index is 0.00226. The number of hydrogen-bond acceptors (Lipinski definition) is 4. The molecule has 1 aliphatic carbocycles. The highest BCUT2D eigenvalue weighted by Crippen LogP contribution is 2.27. The molecule has 0 unspecified atom stereocenters. The van der Waals surface area contributed by atoms with Crippen LogP contribution < -0.4 is 10.9 Å². The van der Waals surface area contributed by atoms with E-state index in [1.807, 2.05) is 19.1 Å². The maximum absolute atomic E-state index is 11.9. The maximum atomic E-state index is 11.9. The molecule has 2 aromatic heterocycles. The maximum Gasteiger partial charge on any atom is 0.267 e. The molecule has 2 aromatic rings. The molecule has 0 aromatic carbocycles. The van der Waals surface area contributed by atoms with E-state index in [4.69, 9.17) is 4.42 Å². The van der Waals surface area contributed by atoms with Crippen LogP contribution in [0.25, 0.3) is 0 Å². The lowest BCUT2D eigenvalue weighted by atomic mass is 9.91. The van der Waals surface area contributed by atoms with Gasteiger partial charge in [-0.05, 0) is 66.7 Å². The molecule has 0 bridgehead atoms. The molecule has 0 saturated heterocycles. The summed E-state index contributed by atoms with van der Waals surface area (Å²) < 4.78 is 7.92. The summed E-state index contributed by atoms with van der Waals surface area (Å²) in [5.74, 6) is 0.936. The van der Waals surface area contributed by atoms with E-state index in [1.165, 1.54) is 0 Å². The first-order valence-corrected chi connectivity index (χ1v) is 8.45. The molecule has 5 nitrogen and oxygen atoms in total. The predicted molar refractivity (Wildman–Crippen MR) is 87.8 cm³/mol. The Kier molecular flexibility index (Phi) is 4.78. The first-order valence-electron chi connectivity index (χ1n) is 7.66. The predicted octanol–water partition coefficient (Wildman–Crippen LogP) is 3.18. The summed E-state index contributed by atoms with van der Waals surface area (Å²) in [7, 11) is 0. The Morgan fingerprint density at radius 1 is 1.27 bits per heavy atom. The van der Waals surface area contributed by atoms with Gasteiger partial charge in [0.1, 0.15) is 5.76 Å². The number of nitrogens with one attached hydrogen (secondary N) is 1. The fourth-order valence-corrected chi connectivity index (χ4v) is 3.34. The molecule has 0 radical (unpaired) electrons. The number of halogens is 1. The van der Waals surface area contributed by atoms with E-state index in [1.54, 1.807) is 16.8 Å². The van der Waals surface area contributed by atoms with Gasteiger partial charge in [0.05, 0.1) is 18.3 Å². The van der Waals surface area contributed by atoms with E-state index >= 15 is 0 Å². The van der Waals surface area contributed by atoms with Gasteiger partial charge in [0.2, 0.25) is 0 Å². The summed E-state index contributed by atoms with van der Waals surface area (Å²) in [6, 6.07) is 7.96. The third-order valence-electron chi connectivity index (χ3n) is 4.19. The molecule has 0 aliphatic heterocycles. The smallest absolute Gasteiger partial charge is 0.267 e. The van der Waals surface area contributed by atoms with Crippen molar-refractivity contribution < 1.29 is 4.42 Å². The number of aromatic nitrogens is 2. The first kappa shape index (κ1) is 15.5. The van der Waals surface area contributed by atoms with Crippen molar-refractivity contribution in [3.05, 3.63) is 50.7 Å². The molecule has 0 atom stereocenters. The van der Waals surface area contributed by atoms with Crippen molar-refractivity contribution in [2.45, 2.75) is 51.2 Å². The fourth-order valence-electron chi connectivity index (χ4n) is 3.00. The van der Waals surface area contributed by atoms with Crippen LogP contribution in [0, 0.1) is 6.92 Å². The van der Waals surface area contributed by atoms with Crippen molar-refractivity contribution >= 4 is 15.9 Å². The van der Waals surface area contributed by atoms with Gasteiger partial charge in [-0.3, -0.25) is 4.79 Å². The van der Waals surface area contributed by atoms with Crippen LogP contribution in [0.15, 0.2) is 38.1 Å². The second kappa shape index (κ2) is 6.79. The molecule has 2 heterocycles. The van der Waals surface area contributed by atoms with Crippen LogP contribution in [0.5, 0.6) is 0 Å². The average Bonchev–Trinajstić information content (AvgIpc) is 2.94. The Bertz CT molecular complexity index is 687. The third kappa shape index (κ3) is 3.67. The zero-order valence-corrected chi connectivity index (χ0v) is 14.2. The third-order valence-corrected chi connectivity index (χ3v) is 4.62. The molecule has 1 saturated carbocycles. The van der Waals surface area contributed by atoms with Gasteiger partial charge in [-0.15, -0.1) is 0 Å². The minimum absolute atomic E-state index is 0.00226. The zero-order valence-electron chi connectivity index (χ0n) is 12.6. The van der Waals surface area contributed by atoms with E-state index in [-0.39, 0.29) is 11.6 Å². The minimum Gasteiger partial charge on any atom is -0.453 e. The molecule has 6 heteroatoms. The lowest BCUT2D eigenvalue weighted by molar-refractivity contribution is 0.264. The summed E-state index contributed by atoms with van der Waals surface area (Å²) in [4.78, 5) is 11.9. The quantitative estimate of drug-likeness (QED) is 0.903. The van der Waals surface area contributed by atoms with Gasteiger partial charge in [0.25, 0.3) is 5.56 Å². The highest BCUT2D eigenvalue weighted by atomic mass is 79.9. The van der Waals surface area contributed by atoms with Crippen LogP contribution in [0.1, 0.15) is 43.2 Å². The molecular weight excluding hydrogens is 346 g/mol. The molecule has 1 fully saturated rings. The molecule has 0 amide bonds. The van der Waals surface area contributed by atoms with Gasteiger partial charge >= 0.3 is 0 Å². The molecule has 1 aliphatic rings. The number of nitrogens with zero attached hydrogens (tertiary/aromatic N) is 2. The van der Waals surface area contributed by atoms with Crippen molar-refractivity contribution in [2.75, 3.05) is 0 Å². The Balaban J connectivity index is 1.54. The second-order valence-corrected chi connectivity index (χ2v) is 6.63. The summed E-state index contributed by atoms with van der Waals surface area (Å²) in [6.45, 7) is 2.66. The van der Waals surface area contributed by atoms with Crippen LogP contribution in [-0.4, -0.2) is 15.8 Å². The molecular formula is C16H20BrN3O2. The Labute approximate surface area is 137 Å². The highest BCUT2D eigenvalue weighted by Gasteiger charge is 2.23. The van der Waals surface area contributed by atoms with E-state index < -0.39 is 0 Å². The van der Waals surface area contributed by atoms with Gasteiger partial charge in [-0.25, -0.2) is 4.68 Å². The standard InChI is InChI=1S/C16H20BrN3O2/c1-11-2-9-16(21)20(19-11)13-5-3-12(4-6-13)18-10-14-7-8-15(17)22-14/h2,7-9,12-13,18H,3-6,10H2,1H3. The Hall–Kier alpha value is -1.40. The van der Waals surface area contributed by atoms with E-state index in [0.717, 1.165) is 48.4 Å².